The number of aryl methyl sites for hydroxylation is 1. The molecule has 0 spiro atoms. The van der Waals surface area contributed by atoms with Gasteiger partial charge in [-0.3, -0.25) is 9.78 Å². The molecule has 0 radical (unpaired) electrons. The van der Waals surface area contributed by atoms with Crippen molar-refractivity contribution >= 4 is 5.91 Å². The number of hydrogen-bond acceptors (Lipinski definition) is 4. The minimum absolute atomic E-state index is 0.167. The lowest BCUT2D eigenvalue weighted by atomic mass is 10.2. The maximum atomic E-state index is 12.2. The number of aliphatic hydroxyl groups excluding tert-OH is 1. The number of nitrogens with zero attached hydrogens (tertiary/aromatic N) is 2. The summed E-state index contributed by atoms with van der Waals surface area (Å²) < 4.78 is 5.48. The van der Waals surface area contributed by atoms with Crippen LogP contribution in [0.15, 0.2) is 48.7 Å². The first kappa shape index (κ1) is 17.1. The van der Waals surface area contributed by atoms with Crippen molar-refractivity contribution in [1.29, 1.82) is 0 Å². The number of carbonyl (C=O) groups is 1. The van der Waals surface area contributed by atoms with E-state index >= 15 is 0 Å². The third kappa shape index (κ3) is 5.47. The molecule has 0 fully saturated rings. The molecule has 1 atom stereocenters. The number of pyridine rings is 1. The normalized spacial score (nSPS) is 12.0. The van der Waals surface area contributed by atoms with E-state index in [1.54, 1.807) is 25.4 Å². The van der Waals surface area contributed by atoms with Crippen LogP contribution in [0.25, 0.3) is 0 Å². The zero-order chi connectivity index (χ0) is 16.7. The Labute approximate surface area is 136 Å². The molecule has 0 aliphatic heterocycles. The Bertz CT molecular complexity index is 614. The van der Waals surface area contributed by atoms with Crippen LogP contribution in [0.5, 0.6) is 0 Å². The molecule has 1 aromatic heterocycles. The van der Waals surface area contributed by atoms with Crippen LogP contribution in [0.1, 0.15) is 21.6 Å². The van der Waals surface area contributed by atoms with E-state index in [1.165, 1.54) is 4.90 Å². The number of benzene rings is 1. The Morgan fingerprint density at radius 3 is 2.65 bits per heavy atom. The predicted molar refractivity (Wildman–Crippen MR) is 88.0 cm³/mol. The van der Waals surface area contributed by atoms with E-state index < -0.39 is 6.10 Å². The van der Waals surface area contributed by atoms with Crippen LogP contribution in [0.3, 0.4) is 0 Å². The van der Waals surface area contributed by atoms with Gasteiger partial charge in [0.1, 0.15) is 0 Å². The fraction of sp³-hybridized carbons (Fsp3) is 0.333. The molecule has 0 aliphatic carbocycles. The summed E-state index contributed by atoms with van der Waals surface area (Å²) in [5.74, 6) is -0.167. The molecule has 1 heterocycles. The topological polar surface area (TPSA) is 62.7 Å². The van der Waals surface area contributed by atoms with E-state index in [0.717, 1.165) is 11.3 Å². The highest BCUT2D eigenvalue weighted by Gasteiger charge is 2.15. The van der Waals surface area contributed by atoms with E-state index in [4.69, 9.17) is 4.74 Å². The average molecular weight is 314 g/mol. The summed E-state index contributed by atoms with van der Waals surface area (Å²) in [6.07, 6.45) is 0.818. The van der Waals surface area contributed by atoms with Crippen molar-refractivity contribution in [3.8, 4) is 0 Å². The second-order valence-electron chi connectivity index (χ2n) is 5.53. The van der Waals surface area contributed by atoms with Crippen LogP contribution in [0.2, 0.25) is 0 Å². The molecule has 0 saturated heterocycles. The zero-order valence-electron chi connectivity index (χ0n) is 13.5. The van der Waals surface area contributed by atoms with Gasteiger partial charge in [-0.15, -0.1) is 0 Å². The molecule has 1 unspecified atom stereocenters. The highest BCUT2D eigenvalue weighted by atomic mass is 16.5. The molecule has 23 heavy (non-hydrogen) atoms. The third-order valence-corrected chi connectivity index (χ3v) is 3.41. The van der Waals surface area contributed by atoms with Crippen LogP contribution in [0.4, 0.5) is 0 Å². The molecule has 0 aliphatic rings. The number of amides is 1. The lowest BCUT2D eigenvalue weighted by Gasteiger charge is -2.21. The van der Waals surface area contributed by atoms with E-state index in [1.807, 2.05) is 37.3 Å². The Morgan fingerprint density at radius 1 is 1.26 bits per heavy atom. The molecule has 1 N–H and O–H groups in total. The molecule has 122 valence electrons. The second-order valence-corrected chi connectivity index (χ2v) is 5.53. The number of aromatic nitrogens is 1. The highest BCUT2D eigenvalue weighted by Crippen LogP contribution is 2.05. The fourth-order valence-electron chi connectivity index (χ4n) is 2.15. The summed E-state index contributed by atoms with van der Waals surface area (Å²) in [7, 11) is 1.66. The number of hydrogen-bond donors (Lipinski definition) is 1. The van der Waals surface area contributed by atoms with Gasteiger partial charge in [-0.05, 0) is 24.6 Å². The molecule has 0 bridgehead atoms. The SMILES string of the molecule is Cc1ccc(C(=O)N(C)CC(O)COCc2ccccc2)cn1. The van der Waals surface area contributed by atoms with Crippen molar-refractivity contribution in [1.82, 2.24) is 9.88 Å². The van der Waals surface area contributed by atoms with Crippen molar-refractivity contribution in [3.63, 3.8) is 0 Å². The summed E-state index contributed by atoms with van der Waals surface area (Å²) >= 11 is 0. The molecular weight excluding hydrogens is 292 g/mol. The van der Waals surface area contributed by atoms with Crippen molar-refractivity contribution < 1.29 is 14.6 Å². The third-order valence-electron chi connectivity index (χ3n) is 3.41. The summed E-state index contributed by atoms with van der Waals surface area (Å²) in [5.41, 5.74) is 2.42. The van der Waals surface area contributed by atoms with Gasteiger partial charge in [0, 0.05) is 25.5 Å². The van der Waals surface area contributed by atoms with E-state index in [9.17, 15) is 9.90 Å². The zero-order valence-corrected chi connectivity index (χ0v) is 13.5. The molecule has 2 aromatic rings. The lowest BCUT2D eigenvalue weighted by molar-refractivity contribution is 0.0137. The van der Waals surface area contributed by atoms with Crippen LogP contribution < -0.4 is 0 Å². The van der Waals surface area contributed by atoms with Gasteiger partial charge < -0.3 is 14.7 Å². The summed E-state index contributed by atoms with van der Waals surface area (Å²) in [4.78, 5) is 17.8. The van der Waals surface area contributed by atoms with Gasteiger partial charge in [0.25, 0.3) is 5.91 Å². The number of rotatable bonds is 7. The summed E-state index contributed by atoms with van der Waals surface area (Å²) in [5, 5.41) is 10.0. The van der Waals surface area contributed by atoms with Gasteiger partial charge in [-0.2, -0.15) is 0 Å². The molecule has 5 nitrogen and oxygen atoms in total. The number of likely N-dealkylation sites (N-methyl/N-ethyl adjacent to an activating group) is 1. The Hall–Kier alpha value is -2.24. The average Bonchev–Trinajstić information content (AvgIpc) is 2.56. The number of aliphatic hydroxyl groups is 1. The Kier molecular flexibility index (Phi) is 6.26. The van der Waals surface area contributed by atoms with Crippen molar-refractivity contribution in [2.24, 2.45) is 0 Å². The highest BCUT2D eigenvalue weighted by molar-refractivity contribution is 5.93. The standard InChI is InChI=1S/C18H22N2O3/c1-14-8-9-16(10-19-14)18(22)20(2)11-17(21)13-23-12-15-6-4-3-5-7-15/h3-10,17,21H,11-13H2,1-2H3. The monoisotopic (exact) mass is 314 g/mol. The van der Waals surface area contributed by atoms with E-state index in [0.29, 0.717) is 12.2 Å². The first-order valence-electron chi connectivity index (χ1n) is 7.54. The van der Waals surface area contributed by atoms with Crippen molar-refractivity contribution in [3.05, 3.63) is 65.5 Å². The fourth-order valence-corrected chi connectivity index (χ4v) is 2.15. The van der Waals surface area contributed by atoms with Gasteiger partial charge >= 0.3 is 0 Å². The molecular formula is C18H22N2O3. The van der Waals surface area contributed by atoms with Gasteiger partial charge in [0.15, 0.2) is 0 Å². The van der Waals surface area contributed by atoms with Crippen LogP contribution in [-0.4, -0.2) is 47.2 Å². The largest absolute Gasteiger partial charge is 0.389 e. The first-order chi connectivity index (χ1) is 11.1. The van der Waals surface area contributed by atoms with E-state index in [-0.39, 0.29) is 19.1 Å². The van der Waals surface area contributed by atoms with Crippen LogP contribution in [-0.2, 0) is 11.3 Å². The van der Waals surface area contributed by atoms with Crippen molar-refractivity contribution in [2.75, 3.05) is 20.2 Å². The second kappa shape index (κ2) is 8.41. The minimum Gasteiger partial charge on any atom is -0.389 e. The molecule has 0 saturated carbocycles. The molecule has 1 amide bonds. The van der Waals surface area contributed by atoms with Gasteiger partial charge in [-0.25, -0.2) is 0 Å². The molecule has 5 heteroatoms. The van der Waals surface area contributed by atoms with Gasteiger partial charge in [0.05, 0.1) is 24.9 Å². The smallest absolute Gasteiger partial charge is 0.255 e. The molecule has 2 rings (SSSR count). The van der Waals surface area contributed by atoms with Crippen molar-refractivity contribution in [2.45, 2.75) is 19.6 Å². The number of ether oxygens (including phenoxy) is 1. The molecule has 1 aromatic carbocycles. The Balaban J connectivity index is 1.76. The van der Waals surface area contributed by atoms with Gasteiger partial charge in [0.2, 0.25) is 0 Å². The van der Waals surface area contributed by atoms with Crippen LogP contribution in [0, 0.1) is 6.92 Å². The predicted octanol–water partition coefficient (Wildman–Crippen LogP) is 2.04. The maximum Gasteiger partial charge on any atom is 0.255 e. The van der Waals surface area contributed by atoms with Crippen LogP contribution >= 0.6 is 0 Å². The summed E-state index contributed by atoms with van der Waals surface area (Å²) in [6.45, 7) is 2.70. The number of carbonyl (C=O) groups excluding carboxylic acids is 1. The lowest BCUT2D eigenvalue weighted by Crippen LogP contribution is -2.36. The van der Waals surface area contributed by atoms with E-state index in [2.05, 4.69) is 4.98 Å². The first-order valence-corrected chi connectivity index (χ1v) is 7.54. The minimum atomic E-state index is -0.730. The maximum absolute atomic E-state index is 12.2. The summed E-state index contributed by atoms with van der Waals surface area (Å²) in [6, 6.07) is 13.3. The van der Waals surface area contributed by atoms with Gasteiger partial charge in [-0.1, -0.05) is 30.3 Å². The quantitative estimate of drug-likeness (QED) is 0.849. The Morgan fingerprint density at radius 2 is 2.00 bits per heavy atom.